The van der Waals surface area contributed by atoms with E-state index >= 15 is 0 Å². The molecule has 0 aromatic carbocycles. The molecule has 0 unspecified atom stereocenters. The van der Waals surface area contributed by atoms with Gasteiger partial charge in [0.25, 0.3) is 0 Å². The average Bonchev–Trinajstić information content (AvgIpc) is 2.51. The van der Waals surface area contributed by atoms with Gasteiger partial charge in [-0.1, -0.05) is 6.58 Å². The van der Waals surface area contributed by atoms with Gasteiger partial charge in [0.15, 0.2) is 3.92 Å². The zero-order chi connectivity index (χ0) is 9.84. The Morgan fingerprint density at radius 1 is 1.85 bits per heavy atom. The topological polar surface area (TPSA) is 39.2 Å². The van der Waals surface area contributed by atoms with E-state index in [1.807, 2.05) is 0 Å². The predicted molar refractivity (Wildman–Crippen MR) is 55.5 cm³/mol. The number of thiazole rings is 1. The summed E-state index contributed by atoms with van der Waals surface area (Å²) in [6.07, 6.45) is 0. The van der Waals surface area contributed by atoms with Crippen molar-refractivity contribution in [1.29, 1.82) is 0 Å². The van der Waals surface area contributed by atoms with Gasteiger partial charge in [-0.3, -0.25) is 0 Å². The highest BCUT2D eigenvalue weighted by Gasteiger charge is 2.12. The van der Waals surface area contributed by atoms with Gasteiger partial charge in [-0.05, 0) is 22.9 Å². The summed E-state index contributed by atoms with van der Waals surface area (Å²) in [6.45, 7) is 5.71. The summed E-state index contributed by atoms with van der Waals surface area (Å²) in [6, 6.07) is 0. The lowest BCUT2D eigenvalue weighted by Gasteiger charge is -2.00. The van der Waals surface area contributed by atoms with Gasteiger partial charge < -0.3 is 4.74 Å². The normalized spacial score (nSPS) is 9.69. The number of hydrogen-bond donors (Lipinski definition) is 0. The van der Waals surface area contributed by atoms with Crippen molar-refractivity contribution >= 4 is 38.8 Å². The second-order valence-electron chi connectivity index (χ2n) is 2.18. The summed E-state index contributed by atoms with van der Waals surface area (Å²) in [7, 11) is 0. The fourth-order valence-electron chi connectivity index (χ4n) is 0.713. The highest BCUT2D eigenvalue weighted by molar-refractivity contribution is 9.11. The van der Waals surface area contributed by atoms with Crippen LogP contribution in [-0.2, 0) is 9.53 Å². The predicted octanol–water partition coefficient (Wildman–Crippen LogP) is 2.48. The Hall–Kier alpha value is -0.680. The van der Waals surface area contributed by atoms with Crippen LogP contribution in [0.4, 0.5) is 0 Å². The fraction of sp³-hybridized carbons (Fsp3) is 0.250. The lowest BCUT2D eigenvalue weighted by atomic mass is 10.2. The third-order valence-electron chi connectivity index (χ3n) is 1.31. The number of rotatable bonds is 3. The van der Waals surface area contributed by atoms with Crippen LogP contribution in [0.3, 0.4) is 0 Å². The minimum Gasteiger partial charge on any atom is -0.462 e. The van der Waals surface area contributed by atoms with Crippen molar-refractivity contribution < 1.29 is 9.53 Å². The molecule has 1 aromatic heterocycles. The molecule has 0 amide bonds. The van der Waals surface area contributed by atoms with E-state index in [0.29, 0.717) is 17.9 Å². The number of halogens is 1. The third-order valence-corrected chi connectivity index (χ3v) is 2.67. The number of carbonyl (C=O) groups excluding carboxylic acids is 1. The van der Waals surface area contributed by atoms with Crippen LogP contribution in [0.15, 0.2) is 15.9 Å². The molecule has 0 fully saturated rings. The molecule has 13 heavy (non-hydrogen) atoms. The molecule has 0 aliphatic rings. The Balaban J connectivity index is 2.73. The van der Waals surface area contributed by atoms with Crippen molar-refractivity contribution in [3.8, 4) is 0 Å². The Kier molecular flexibility index (Phi) is 3.62. The molecule has 3 nitrogen and oxygen atoms in total. The molecular formula is C8H8BrNO2S. The van der Waals surface area contributed by atoms with E-state index in [2.05, 4.69) is 27.5 Å². The second-order valence-corrected chi connectivity index (χ2v) is 4.32. The van der Waals surface area contributed by atoms with Crippen LogP contribution in [0.1, 0.15) is 12.6 Å². The molecule has 0 spiro atoms. The molecule has 1 rings (SSSR count). The third kappa shape index (κ3) is 2.63. The number of carbonyl (C=O) groups is 1. The lowest BCUT2D eigenvalue weighted by Crippen LogP contribution is -2.05. The van der Waals surface area contributed by atoms with E-state index in [1.54, 1.807) is 12.3 Å². The highest BCUT2D eigenvalue weighted by Crippen LogP contribution is 2.21. The van der Waals surface area contributed by atoms with Gasteiger partial charge in [-0.25, -0.2) is 9.78 Å². The smallest absolute Gasteiger partial charge is 0.339 e. The van der Waals surface area contributed by atoms with E-state index in [-0.39, 0.29) is 0 Å². The van der Waals surface area contributed by atoms with Gasteiger partial charge in [0.1, 0.15) is 0 Å². The Morgan fingerprint density at radius 3 is 3.00 bits per heavy atom. The highest BCUT2D eigenvalue weighted by atomic mass is 79.9. The standard InChI is InChI=1S/C8H8BrNO2S/c1-3-12-7(11)5(2)6-4-13-8(9)10-6/h4H,2-3H2,1H3. The Labute approximate surface area is 88.6 Å². The van der Waals surface area contributed by atoms with Crippen molar-refractivity contribution in [2.75, 3.05) is 6.61 Å². The molecule has 0 bridgehead atoms. The van der Waals surface area contributed by atoms with Gasteiger partial charge in [-0.15, -0.1) is 11.3 Å². The minimum atomic E-state index is -0.416. The van der Waals surface area contributed by atoms with Gasteiger partial charge in [-0.2, -0.15) is 0 Å². The number of esters is 1. The number of aromatic nitrogens is 1. The van der Waals surface area contributed by atoms with Crippen LogP contribution in [0.2, 0.25) is 0 Å². The second kappa shape index (κ2) is 4.53. The van der Waals surface area contributed by atoms with Gasteiger partial charge in [0.2, 0.25) is 0 Å². The monoisotopic (exact) mass is 261 g/mol. The molecule has 0 atom stereocenters. The van der Waals surface area contributed by atoms with E-state index < -0.39 is 5.97 Å². The summed E-state index contributed by atoms with van der Waals surface area (Å²) in [5, 5.41) is 1.75. The van der Waals surface area contributed by atoms with E-state index in [1.165, 1.54) is 11.3 Å². The lowest BCUT2D eigenvalue weighted by molar-refractivity contribution is -0.136. The van der Waals surface area contributed by atoms with E-state index in [0.717, 1.165) is 3.92 Å². The first kappa shape index (κ1) is 10.4. The maximum absolute atomic E-state index is 11.2. The van der Waals surface area contributed by atoms with Crippen molar-refractivity contribution in [2.24, 2.45) is 0 Å². The largest absolute Gasteiger partial charge is 0.462 e. The average molecular weight is 262 g/mol. The maximum atomic E-state index is 11.2. The zero-order valence-electron chi connectivity index (χ0n) is 7.04. The van der Waals surface area contributed by atoms with E-state index in [9.17, 15) is 4.79 Å². The molecular weight excluding hydrogens is 254 g/mol. The molecule has 70 valence electrons. The summed E-state index contributed by atoms with van der Waals surface area (Å²) < 4.78 is 5.51. The van der Waals surface area contributed by atoms with Crippen LogP contribution < -0.4 is 0 Å². The first-order valence-corrected chi connectivity index (χ1v) is 5.29. The number of nitrogens with zero attached hydrogens (tertiary/aromatic N) is 1. The maximum Gasteiger partial charge on any atom is 0.339 e. The van der Waals surface area contributed by atoms with Crippen LogP contribution in [0.25, 0.3) is 5.57 Å². The fourth-order valence-corrected chi connectivity index (χ4v) is 1.74. The summed E-state index contributed by atoms with van der Waals surface area (Å²) in [4.78, 5) is 15.2. The molecule has 5 heteroatoms. The number of hydrogen-bond acceptors (Lipinski definition) is 4. The Bertz CT molecular complexity index is 335. The molecule has 0 saturated carbocycles. The molecule has 0 aliphatic heterocycles. The first-order chi connectivity index (χ1) is 6.15. The van der Waals surface area contributed by atoms with Crippen molar-refractivity contribution in [3.63, 3.8) is 0 Å². The van der Waals surface area contributed by atoms with Gasteiger partial charge in [0, 0.05) is 5.38 Å². The summed E-state index contributed by atoms with van der Waals surface area (Å²) in [5.74, 6) is -0.416. The van der Waals surface area contributed by atoms with Crippen LogP contribution in [-0.4, -0.2) is 17.6 Å². The molecule has 0 saturated heterocycles. The molecule has 0 aliphatic carbocycles. The Morgan fingerprint density at radius 2 is 2.54 bits per heavy atom. The van der Waals surface area contributed by atoms with Crippen LogP contribution in [0, 0.1) is 0 Å². The molecule has 1 aromatic rings. The van der Waals surface area contributed by atoms with Crippen LogP contribution >= 0.6 is 27.3 Å². The van der Waals surface area contributed by atoms with Gasteiger partial charge >= 0.3 is 5.97 Å². The summed E-state index contributed by atoms with van der Waals surface area (Å²) in [5.41, 5.74) is 0.860. The zero-order valence-corrected chi connectivity index (χ0v) is 9.44. The van der Waals surface area contributed by atoms with Crippen molar-refractivity contribution in [1.82, 2.24) is 4.98 Å². The SMILES string of the molecule is C=C(C(=O)OCC)c1csc(Br)n1. The molecule has 0 N–H and O–H groups in total. The summed E-state index contributed by atoms with van der Waals surface area (Å²) >= 11 is 4.61. The molecule has 1 heterocycles. The van der Waals surface area contributed by atoms with E-state index in [4.69, 9.17) is 4.74 Å². The van der Waals surface area contributed by atoms with Crippen LogP contribution in [0.5, 0.6) is 0 Å². The number of ether oxygens (including phenoxy) is 1. The van der Waals surface area contributed by atoms with Gasteiger partial charge in [0.05, 0.1) is 17.9 Å². The molecule has 0 radical (unpaired) electrons. The first-order valence-electron chi connectivity index (χ1n) is 3.62. The van der Waals surface area contributed by atoms with Crippen molar-refractivity contribution in [3.05, 3.63) is 21.6 Å². The van der Waals surface area contributed by atoms with Crippen molar-refractivity contribution in [2.45, 2.75) is 6.92 Å². The minimum absolute atomic E-state index is 0.295. The quantitative estimate of drug-likeness (QED) is 0.620.